The van der Waals surface area contributed by atoms with Gasteiger partial charge in [0.15, 0.2) is 5.76 Å². The van der Waals surface area contributed by atoms with E-state index >= 15 is 0 Å². The molecule has 3 rings (SSSR count). The van der Waals surface area contributed by atoms with Crippen LogP contribution in [0.15, 0.2) is 33.7 Å². The molecule has 0 radical (unpaired) electrons. The SMILES string of the molecule is CC(C)Cc1cc(CNC(=O)n2sc3ncccc3c2=O)on1. The average Bonchev–Trinajstić information content (AvgIpc) is 3.09. The highest BCUT2D eigenvalue weighted by atomic mass is 32.1. The molecule has 0 saturated heterocycles. The Labute approximate surface area is 136 Å². The lowest BCUT2D eigenvalue weighted by Gasteiger charge is -2.00. The van der Waals surface area contributed by atoms with Crippen LogP contribution >= 0.6 is 11.5 Å². The summed E-state index contributed by atoms with van der Waals surface area (Å²) < 4.78 is 6.24. The second kappa shape index (κ2) is 6.33. The van der Waals surface area contributed by atoms with Gasteiger partial charge in [-0.1, -0.05) is 19.0 Å². The molecule has 120 valence electrons. The van der Waals surface area contributed by atoms with Crippen LogP contribution in [0.4, 0.5) is 4.79 Å². The number of hydrogen-bond donors (Lipinski definition) is 1. The molecule has 8 heteroatoms. The highest BCUT2D eigenvalue weighted by Gasteiger charge is 2.15. The first-order valence-corrected chi connectivity index (χ1v) is 8.01. The van der Waals surface area contributed by atoms with E-state index in [0.29, 0.717) is 21.9 Å². The molecule has 0 aliphatic rings. The quantitative estimate of drug-likeness (QED) is 0.792. The molecular weight excluding hydrogens is 316 g/mol. The number of pyridine rings is 1. The zero-order valence-electron chi connectivity index (χ0n) is 12.8. The minimum absolute atomic E-state index is 0.179. The van der Waals surface area contributed by atoms with Gasteiger partial charge in [-0.25, -0.2) is 9.78 Å². The van der Waals surface area contributed by atoms with E-state index < -0.39 is 6.03 Å². The summed E-state index contributed by atoms with van der Waals surface area (Å²) in [6.07, 6.45) is 2.41. The molecule has 1 amide bonds. The molecular formula is C15H16N4O3S. The predicted molar refractivity (Wildman–Crippen MR) is 86.6 cm³/mol. The molecule has 0 bridgehead atoms. The Morgan fingerprint density at radius 2 is 2.30 bits per heavy atom. The van der Waals surface area contributed by atoms with E-state index in [-0.39, 0.29) is 12.1 Å². The Balaban J connectivity index is 1.70. The van der Waals surface area contributed by atoms with Crippen molar-refractivity contribution in [2.75, 3.05) is 0 Å². The molecule has 3 aromatic heterocycles. The van der Waals surface area contributed by atoms with Crippen LogP contribution in [0.5, 0.6) is 0 Å². The maximum absolute atomic E-state index is 12.2. The molecule has 0 spiro atoms. The Hall–Kier alpha value is -2.48. The lowest BCUT2D eigenvalue weighted by Crippen LogP contribution is -2.32. The Kier molecular flexibility index (Phi) is 4.24. The van der Waals surface area contributed by atoms with Crippen molar-refractivity contribution < 1.29 is 9.32 Å². The van der Waals surface area contributed by atoms with Gasteiger partial charge in [0.2, 0.25) is 0 Å². The summed E-state index contributed by atoms with van der Waals surface area (Å²) in [5.74, 6) is 1.04. The molecule has 0 aliphatic heterocycles. The molecule has 0 aliphatic carbocycles. The number of carbonyl (C=O) groups is 1. The van der Waals surface area contributed by atoms with Crippen molar-refractivity contribution in [1.82, 2.24) is 19.4 Å². The van der Waals surface area contributed by atoms with Crippen molar-refractivity contribution in [3.63, 3.8) is 0 Å². The average molecular weight is 332 g/mol. The zero-order chi connectivity index (χ0) is 16.4. The third kappa shape index (κ3) is 3.31. The van der Waals surface area contributed by atoms with Crippen LogP contribution < -0.4 is 10.9 Å². The van der Waals surface area contributed by atoms with Crippen LogP contribution in [0.3, 0.4) is 0 Å². The monoisotopic (exact) mass is 332 g/mol. The van der Waals surface area contributed by atoms with Gasteiger partial charge in [-0.15, -0.1) is 0 Å². The maximum Gasteiger partial charge on any atom is 0.338 e. The van der Waals surface area contributed by atoms with Gasteiger partial charge < -0.3 is 9.84 Å². The van der Waals surface area contributed by atoms with Gasteiger partial charge in [0.1, 0.15) is 4.83 Å². The van der Waals surface area contributed by atoms with Crippen molar-refractivity contribution in [2.45, 2.75) is 26.8 Å². The number of rotatable bonds is 4. The number of fused-ring (bicyclic) bond motifs is 1. The Morgan fingerprint density at radius 3 is 3.04 bits per heavy atom. The van der Waals surface area contributed by atoms with E-state index in [1.807, 2.05) is 6.07 Å². The minimum atomic E-state index is -0.500. The predicted octanol–water partition coefficient (Wildman–Crippen LogP) is 2.40. The number of carbonyl (C=O) groups excluding carboxylic acids is 1. The first-order valence-electron chi connectivity index (χ1n) is 7.24. The summed E-state index contributed by atoms with van der Waals surface area (Å²) in [5, 5.41) is 7.05. The summed E-state index contributed by atoms with van der Waals surface area (Å²) in [6, 6.07) is 4.64. The summed E-state index contributed by atoms with van der Waals surface area (Å²) in [4.78, 5) is 28.9. The number of nitrogens with zero attached hydrogens (tertiary/aromatic N) is 3. The van der Waals surface area contributed by atoms with Crippen molar-refractivity contribution in [1.29, 1.82) is 0 Å². The molecule has 0 atom stereocenters. The van der Waals surface area contributed by atoms with Crippen molar-refractivity contribution >= 4 is 27.8 Å². The molecule has 3 aromatic rings. The number of amides is 1. The highest BCUT2D eigenvalue weighted by Crippen LogP contribution is 2.13. The third-order valence-electron chi connectivity index (χ3n) is 3.19. The first-order chi connectivity index (χ1) is 11.0. The van der Waals surface area contributed by atoms with Crippen LogP contribution in [-0.2, 0) is 13.0 Å². The Bertz CT molecular complexity index is 893. The van der Waals surface area contributed by atoms with Crippen LogP contribution in [0.25, 0.3) is 10.2 Å². The highest BCUT2D eigenvalue weighted by molar-refractivity contribution is 7.14. The van der Waals surface area contributed by atoms with E-state index in [9.17, 15) is 9.59 Å². The second-order valence-corrected chi connectivity index (χ2v) is 6.52. The minimum Gasteiger partial charge on any atom is -0.359 e. The fourth-order valence-corrected chi connectivity index (χ4v) is 3.05. The van der Waals surface area contributed by atoms with Crippen LogP contribution in [0.2, 0.25) is 0 Å². The van der Waals surface area contributed by atoms with E-state index in [4.69, 9.17) is 4.52 Å². The lowest BCUT2D eigenvalue weighted by atomic mass is 10.1. The summed E-state index contributed by atoms with van der Waals surface area (Å²) in [5.41, 5.74) is 0.487. The number of hydrogen-bond acceptors (Lipinski definition) is 6. The van der Waals surface area contributed by atoms with E-state index in [1.54, 1.807) is 18.3 Å². The fourth-order valence-electron chi connectivity index (χ4n) is 2.19. The van der Waals surface area contributed by atoms with Gasteiger partial charge in [0.25, 0.3) is 5.56 Å². The zero-order valence-corrected chi connectivity index (χ0v) is 13.6. The van der Waals surface area contributed by atoms with Crippen molar-refractivity contribution in [2.24, 2.45) is 5.92 Å². The maximum atomic E-state index is 12.2. The Morgan fingerprint density at radius 1 is 1.48 bits per heavy atom. The van der Waals surface area contributed by atoms with Gasteiger partial charge in [-0.05, 0) is 36.0 Å². The standard InChI is InChI=1S/C15H16N4O3S/c1-9(2)6-10-7-11(22-18-10)8-17-15(21)19-14(20)12-4-3-5-16-13(12)23-19/h3-5,7,9H,6,8H2,1-2H3,(H,17,21). The normalized spacial score (nSPS) is 11.3. The summed E-state index contributed by atoms with van der Waals surface area (Å²) in [7, 11) is 0. The topological polar surface area (TPSA) is 90.0 Å². The first kappa shape index (κ1) is 15.4. The molecule has 0 saturated carbocycles. The summed E-state index contributed by atoms with van der Waals surface area (Å²) >= 11 is 1.02. The van der Waals surface area contributed by atoms with Crippen LogP contribution in [0, 0.1) is 5.92 Å². The van der Waals surface area contributed by atoms with Gasteiger partial charge in [-0.3, -0.25) is 4.79 Å². The molecule has 0 fully saturated rings. The van der Waals surface area contributed by atoms with Crippen molar-refractivity contribution in [3.05, 3.63) is 46.2 Å². The van der Waals surface area contributed by atoms with Gasteiger partial charge in [0, 0.05) is 12.3 Å². The molecule has 3 heterocycles. The van der Waals surface area contributed by atoms with Gasteiger partial charge in [0.05, 0.1) is 17.6 Å². The van der Waals surface area contributed by atoms with E-state index in [1.165, 1.54) is 0 Å². The van der Waals surface area contributed by atoms with Gasteiger partial charge in [-0.2, -0.15) is 3.96 Å². The molecule has 0 unspecified atom stereocenters. The fraction of sp³-hybridized carbons (Fsp3) is 0.333. The van der Waals surface area contributed by atoms with Crippen LogP contribution in [-0.4, -0.2) is 20.1 Å². The molecule has 0 aromatic carbocycles. The molecule has 7 nitrogen and oxygen atoms in total. The van der Waals surface area contributed by atoms with E-state index in [2.05, 4.69) is 29.3 Å². The number of aromatic nitrogens is 3. The van der Waals surface area contributed by atoms with Crippen LogP contribution in [0.1, 0.15) is 25.3 Å². The smallest absolute Gasteiger partial charge is 0.338 e. The van der Waals surface area contributed by atoms with E-state index in [0.717, 1.165) is 27.6 Å². The number of nitrogens with one attached hydrogen (secondary N) is 1. The second-order valence-electron chi connectivity index (χ2n) is 5.59. The molecule has 1 N–H and O–H groups in total. The third-order valence-corrected chi connectivity index (χ3v) is 4.20. The van der Waals surface area contributed by atoms with Crippen molar-refractivity contribution in [3.8, 4) is 0 Å². The summed E-state index contributed by atoms with van der Waals surface area (Å²) in [6.45, 7) is 4.37. The van der Waals surface area contributed by atoms with Gasteiger partial charge >= 0.3 is 6.03 Å². The lowest BCUT2D eigenvalue weighted by molar-refractivity contribution is 0.242. The largest absolute Gasteiger partial charge is 0.359 e. The molecule has 23 heavy (non-hydrogen) atoms.